The van der Waals surface area contributed by atoms with E-state index in [2.05, 4.69) is 5.10 Å². The van der Waals surface area contributed by atoms with Gasteiger partial charge in [0.05, 0.1) is 0 Å². The molecule has 1 aliphatic rings. The fourth-order valence-electron chi connectivity index (χ4n) is 1.48. The summed E-state index contributed by atoms with van der Waals surface area (Å²) in [6.45, 7) is 0. The summed E-state index contributed by atoms with van der Waals surface area (Å²) < 4.78 is 0. The van der Waals surface area contributed by atoms with Crippen LogP contribution in [0, 0.1) is 5.92 Å². The highest BCUT2D eigenvalue weighted by Gasteiger charge is 2.10. The van der Waals surface area contributed by atoms with Crippen LogP contribution < -0.4 is 5.43 Å². The molecule has 0 spiro atoms. The smallest absolute Gasteiger partial charge is 0.425 e. The first kappa shape index (κ1) is 9.03. The Kier molecular flexibility index (Phi) is 3.57. The zero-order chi connectivity index (χ0) is 8.81. The number of carbonyl (C=O) groups is 1. The second-order valence-electron chi connectivity index (χ2n) is 3.09. The van der Waals surface area contributed by atoms with E-state index in [1.54, 1.807) is 6.21 Å². The summed E-state index contributed by atoms with van der Waals surface area (Å²) in [5.41, 5.74) is 1.98. The molecule has 0 atom stereocenters. The van der Waals surface area contributed by atoms with E-state index in [1.807, 2.05) is 5.43 Å². The molecule has 68 valence electrons. The van der Waals surface area contributed by atoms with Crippen molar-refractivity contribution in [3.8, 4) is 0 Å². The first-order chi connectivity index (χ1) is 5.79. The van der Waals surface area contributed by atoms with Gasteiger partial charge >= 0.3 is 6.09 Å². The van der Waals surface area contributed by atoms with E-state index < -0.39 is 6.09 Å². The zero-order valence-corrected chi connectivity index (χ0v) is 6.99. The average molecular weight is 170 g/mol. The predicted molar refractivity (Wildman–Crippen MR) is 46.2 cm³/mol. The Labute approximate surface area is 71.7 Å². The summed E-state index contributed by atoms with van der Waals surface area (Å²) in [5, 5.41) is 11.8. The van der Waals surface area contributed by atoms with Gasteiger partial charge in [-0.15, -0.1) is 0 Å². The summed E-state index contributed by atoms with van der Waals surface area (Å²) in [6, 6.07) is 0. The fraction of sp³-hybridized carbons (Fsp3) is 0.750. The lowest BCUT2D eigenvalue weighted by Gasteiger charge is -2.16. The molecule has 0 aromatic carbocycles. The molecule has 0 aromatic rings. The highest BCUT2D eigenvalue weighted by molar-refractivity contribution is 5.67. The number of carboxylic acid groups (broad SMARTS) is 1. The molecule has 1 aliphatic carbocycles. The molecule has 1 fully saturated rings. The van der Waals surface area contributed by atoms with E-state index in [0.29, 0.717) is 5.92 Å². The Morgan fingerprint density at radius 3 is 2.67 bits per heavy atom. The molecule has 0 saturated heterocycles. The van der Waals surface area contributed by atoms with Crippen molar-refractivity contribution < 1.29 is 9.90 Å². The second kappa shape index (κ2) is 4.74. The maximum atomic E-state index is 10.0. The molecular weight excluding hydrogens is 156 g/mol. The minimum Gasteiger partial charge on any atom is -0.464 e. The minimum atomic E-state index is -1.10. The molecule has 2 N–H and O–H groups in total. The molecule has 0 aromatic heterocycles. The van der Waals surface area contributed by atoms with Crippen molar-refractivity contribution in [2.24, 2.45) is 11.0 Å². The van der Waals surface area contributed by atoms with Gasteiger partial charge in [-0.2, -0.15) is 5.10 Å². The monoisotopic (exact) mass is 170 g/mol. The van der Waals surface area contributed by atoms with Crippen molar-refractivity contribution in [1.29, 1.82) is 0 Å². The molecule has 12 heavy (non-hydrogen) atoms. The van der Waals surface area contributed by atoms with Crippen molar-refractivity contribution in [3.63, 3.8) is 0 Å². The maximum Gasteiger partial charge on any atom is 0.425 e. The lowest BCUT2D eigenvalue weighted by atomic mass is 9.90. The van der Waals surface area contributed by atoms with Crippen molar-refractivity contribution in [2.75, 3.05) is 0 Å². The third-order valence-electron chi connectivity index (χ3n) is 2.10. The van der Waals surface area contributed by atoms with E-state index in [9.17, 15) is 4.79 Å². The SMILES string of the molecule is O=C(O)N/N=C/C1CCCCC1. The average Bonchev–Trinajstić information content (AvgIpc) is 2.05. The summed E-state index contributed by atoms with van der Waals surface area (Å²) in [5.74, 6) is 0.477. The van der Waals surface area contributed by atoms with Gasteiger partial charge in [0.1, 0.15) is 0 Å². The maximum absolute atomic E-state index is 10.0. The molecular formula is C8H14N2O2. The molecule has 1 rings (SSSR count). The van der Waals surface area contributed by atoms with Crippen LogP contribution >= 0.6 is 0 Å². The van der Waals surface area contributed by atoms with Crippen LogP contribution in [0.2, 0.25) is 0 Å². The lowest BCUT2D eigenvalue weighted by molar-refractivity contribution is 0.195. The van der Waals surface area contributed by atoms with E-state index in [4.69, 9.17) is 5.11 Å². The Morgan fingerprint density at radius 1 is 1.42 bits per heavy atom. The third kappa shape index (κ3) is 3.37. The van der Waals surface area contributed by atoms with Gasteiger partial charge in [-0.05, 0) is 18.8 Å². The largest absolute Gasteiger partial charge is 0.464 e. The van der Waals surface area contributed by atoms with Gasteiger partial charge in [-0.1, -0.05) is 19.3 Å². The Morgan fingerprint density at radius 2 is 2.08 bits per heavy atom. The van der Waals surface area contributed by atoms with Crippen LogP contribution in [0.5, 0.6) is 0 Å². The standard InChI is InChI=1S/C8H14N2O2/c11-8(12)10-9-6-7-4-2-1-3-5-7/h6-7,10H,1-5H2,(H,11,12)/b9-6+. The van der Waals surface area contributed by atoms with Crippen LogP contribution in [0.1, 0.15) is 32.1 Å². The van der Waals surface area contributed by atoms with E-state index in [1.165, 1.54) is 19.3 Å². The molecule has 0 heterocycles. The van der Waals surface area contributed by atoms with Gasteiger partial charge in [0.2, 0.25) is 0 Å². The Bertz CT molecular complexity index is 174. The zero-order valence-electron chi connectivity index (χ0n) is 6.99. The van der Waals surface area contributed by atoms with Crippen LogP contribution in [0.15, 0.2) is 5.10 Å². The lowest BCUT2D eigenvalue weighted by Crippen LogP contribution is -2.16. The summed E-state index contributed by atoms with van der Waals surface area (Å²) in [4.78, 5) is 10.0. The molecule has 0 radical (unpaired) electrons. The van der Waals surface area contributed by atoms with E-state index in [0.717, 1.165) is 12.8 Å². The van der Waals surface area contributed by atoms with Crippen LogP contribution in [-0.4, -0.2) is 17.4 Å². The summed E-state index contributed by atoms with van der Waals surface area (Å²) in [6.07, 6.45) is 6.69. The van der Waals surface area contributed by atoms with Gasteiger partial charge in [-0.25, -0.2) is 10.2 Å². The number of nitrogens with zero attached hydrogens (tertiary/aromatic N) is 1. The molecule has 0 aliphatic heterocycles. The normalized spacial score (nSPS) is 19.7. The second-order valence-corrected chi connectivity index (χ2v) is 3.09. The highest BCUT2D eigenvalue weighted by Crippen LogP contribution is 2.21. The van der Waals surface area contributed by atoms with E-state index in [-0.39, 0.29) is 0 Å². The topological polar surface area (TPSA) is 61.7 Å². The van der Waals surface area contributed by atoms with E-state index >= 15 is 0 Å². The number of hydrogen-bond acceptors (Lipinski definition) is 2. The van der Waals surface area contributed by atoms with Crippen molar-refractivity contribution in [2.45, 2.75) is 32.1 Å². The molecule has 1 amide bonds. The fourth-order valence-corrected chi connectivity index (χ4v) is 1.48. The molecule has 0 bridgehead atoms. The number of rotatable bonds is 2. The summed E-state index contributed by atoms with van der Waals surface area (Å²) in [7, 11) is 0. The van der Waals surface area contributed by atoms with Gasteiger partial charge in [0.25, 0.3) is 0 Å². The third-order valence-corrected chi connectivity index (χ3v) is 2.10. The highest BCUT2D eigenvalue weighted by atomic mass is 16.4. The van der Waals surface area contributed by atoms with Gasteiger partial charge < -0.3 is 5.11 Å². The Hall–Kier alpha value is -1.06. The number of hydrogen-bond donors (Lipinski definition) is 2. The molecule has 1 saturated carbocycles. The van der Waals surface area contributed by atoms with Crippen molar-refractivity contribution >= 4 is 12.3 Å². The first-order valence-electron chi connectivity index (χ1n) is 4.31. The quantitative estimate of drug-likeness (QED) is 0.490. The van der Waals surface area contributed by atoms with Crippen LogP contribution in [0.3, 0.4) is 0 Å². The number of amides is 1. The minimum absolute atomic E-state index is 0.477. The predicted octanol–water partition coefficient (Wildman–Crippen LogP) is 1.82. The summed E-state index contributed by atoms with van der Waals surface area (Å²) >= 11 is 0. The van der Waals surface area contributed by atoms with Crippen LogP contribution in [0.4, 0.5) is 4.79 Å². The molecule has 4 nitrogen and oxygen atoms in total. The Balaban J connectivity index is 2.19. The van der Waals surface area contributed by atoms with Crippen LogP contribution in [-0.2, 0) is 0 Å². The van der Waals surface area contributed by atoms with Gasteiger partial charge in [0, 0.05) is 6.21 Å². The number of nitrogens with one attached hydrogen (secondary N) is 1. The molecule has 0 unspecified atom stereocenters. The van der Waals surface area contributed by atoms with Crippen molar-refractivity contribution in [3.05, 3.63) is 0 Å². The van der Waals surface area contributed by atoms with Gasteiger partial charge in [-0.3, -0.25) is 0 Å². The first-order valence-corrected chi connectivity index (χ1v) is 4.31. The van der Waals surface area contributed by atoms with Gasteiger partial charge in [0.15, 0.2) is 0 Å². The van der Waals surface area contributed by atoms with Crippen molar-refractivity contribution in [1.82, 2.24) is 5.43 Å². The van der Waals surface area contributed by atoms with Crippen LogP contribution in [0.25, 0.3) is 0 Å². The number of hydrazone groups is 1. The molecule has 4 heteroatoms.